The van der Waals surface area contributed by atoms with Gasteiger partial charge in [-0.1, -0.05) is 104 Å². The standard InChI is InChI=1S/C32H58N2OS/c1-3-5-7-9-10-11-12-13-14-16-26-35-30-24-22-29(23-25-30)32-34-33-31(36-32)28-20-18-27(19-21-28)17-15-8-6-4-2/h27-30H,3-26H2,1-2H3. The molecule has 0 N–H and O–H groups in total. The highest BCUT2D eigenvalue weighted by Gasteiger charge is 2.28. The largest absolute Gasteiger partial charge is 0.378 e. The summed E-state index contributed by atoms with van der Waals surface area (Å²) in [6.07, 6.45) is 31.9. The Morgan fingerprint density at radius 2 is 1.06 bits per heavy atom. The molecule has 2 saturated carbocycles. The maximum absolute atomic E-state index is 6.26. The second kappa shape index (κ2) is 18.7. The third-order valence-electron chi connectivity index (χ3n) is 8.99. The summed E-state index contributed by atoms with van der Waals surface area (Å²) in [6, 6.07) is 0. The zero-order valence-corrected chi connectivity index (χ0v) is 24.8. The van der Waals surface area contributed by atoms with Gasteiger partial charge in [-0.05, 0) is 63.7 Å². The van der Waals surface area contributed by atoms with Gasteiger partial charge in [0.1, 0.15) is 10.0 Å². The highest BCUT2D eigenvalue weighted by atomic mass is 32.1. The number of nitrogens with zero attached hydrogens (tertiary/aromatic N) is 2. The van der Waals surface area contributed by atoms with E-state index in [1.54, 1.807) is 0 Å². The molecular weight excluding hydrogens is 460 g/mol. The van der Waals surface area contributed by atoms with Crippen LogP contribution in [0.4, 0.5) is 0 Å². The lowest BCUT2D eigenvalue weighted by Crippen LogP contribution is -2.21. The third-order valence-corrected chi connectivity index (χ3v) is 10.2. The number of ether oxygens (including phenoxy) is 1. The molecule has 0 spiro atoms. The molecule has 0 saturated heterocycles. The van der Waals surface area contributed by atoms with Crippen LogP contribution in [0, 0.1) is 5.92 Å². The molecule has 0 amide bonds. The highest BCUT2D eigenvalue weighted by molar-refractivity contribution is 7.11. The first-order valence-electron chi connectivity index (χ1n) is 16.2. The number of aromatic nitrogens is 2. The van der Waals surface area contributed by atoms with E-state index < -0.39 is 0 Å². The molecule has 0 unspecified atom stereocenters. The Morgan fingerprint density at radius 1 is 0.583 bits per heavy atom. The average Bonchev–Trinajstić information content (AvgIpc) is 3.41. The number of unbranched alkanes of at least 4 members (excludes halogenated alkanes) is 12. The lowest BCUT2D eigenvalue weighted by Gasteiger charge is -2.27. The van der Waals surface area contributed by atoms with Gasteiger partial charge in [-0.25, -0.2) is 0 Å². The van der Waals surface area contributed by atoms with Gasteiger partial charge < -0.3 is 4.74 Å². The minimum Gasteiger partial charge on any atom is -0.378 e. The van der Waals surface area contributed by atoms with Crippen molar-refractivity contribution in [2.24, 2.45) is 5.92 Å². The van der Waals surface area contributed by atoms with Crippen LogP contribution >= 0.6 is 11.3 Å². The van der Waals surface area contributed by atoms with Crippen LogP contribution in [0.5, 0.6) is 0 Å². The summed E-state index contributed by atoms with van der Waals surface area (Å²) >= 11 is 1.95. The molecule has 208 valence electrons. The van der Waals surface area contributed by atoms with Gasteiger partial charge in [0.05, 0.1) is 6.10 Å². The van der Waals surface area contributed by atoms with Gasteiger partial charge in [-0.2, -0.15) is 0 Å². The Labute approximate surface area is 228 Å². The maximum atomic E-state index is 6.26. The molecule has 0 aromatic carbocycles. The van der Waals surface area contributed by atoms with Crippen molar-refractivity contribution in [3.63, 3.8) is 0 Å². The average molecular weight is 519 g/mol. The van der Waals surface area contributed by atoms with E-state index in [0.717, 1.165) is 12.5 Å². The SMILES string of the molecule is CCCCCCCCCCCCOC1CCC(c2nnc(C3CCC(CCCCCC)CC3)s2)CC1. The molecule has 0 bridgehead atoms. The summed E-state index contributed by atoms with van der Waals surface area (Å²) in [4.78, 5) is 0. The van der Waals surface area contributed by atoms with E-state index in [9.17, 15) is 0 Å². The third kappa shape index (κ3) is 11.5. The van der Waals surface area contributed by atoms with Crippen molar-refractivity contribution in [3.05, 3.63) is 10.0 Å². The van der Waals surface area contributed by atoms with E-state index in [1.807, 2.05) is 11.3 Å². The first kappa shape index (κ1) is 30.1. The smallest absolute Gasteiger partial charge is 0.120 e. The predicted octanol–water partition coefficient (Wildman–Crippen LogP) is 10.7. The Hall–Kier alpha value is -0.480. The van der Waals surface area contributed by atoms with Crippen molar-refractivity contribution in [3.8, 4) is 0 Å². The maximum Gasteiger partial charge on any atom is 0.120 e. The fourth-order valence-electron chi connectivity index (χ4n) is 6.45. The Bertz CT molecular complexity index is 646. The van der Waals surface area contributed by atoms with E-state index in [0.29, 0.717) is 17.9 Å². The van der Waals surface area contributed by atoms with E-state index in [-0.39, 0.29) is 0 Å². The summed E-state index contributed by atoms with van der Waals surface area (Å²) in [5, 5.41) is 12.0. The van der Waals surface area contributed by atoms with Crippen molar-refractivity contribution >= 4 is 11.3 Å². The Kier molecular flexibility index (Phi) is 15.6. The summed E-state index contributed by atoms with van der Waals surface area (Å²) in [5.74, 6) is 2.29. The number of rotatable bonds is 19. The van der Waals surface area contributed by atoms with E-state index in [1.165, 1.54) is 158 Å². The molecule has 3 nitrogen and oxygen atoms in total. The van der Waals surface area contributed by atoms with Crippen LogP contribution in [0.15, 0.2) is 0 Å². The zero-order valence-electron chi connectivity index (χ0n) is 24.0. The molecule has 0 aliphatic heterocycles. The molecular formula is C32H58N2OS. The molecule has 0 atom stereocenters. The van der Waals surface area contributed by atoms with Gasteiger partial charge in [-0.3, -0.25) is 0 Å². The molecule has 3 rings (SSSR count). The fourth-order valence-corrected chi connectivity index (χ4v) is 7.63. The molecule has 36 heavy (non-hydrogen) atoms. The topological polar surface area (TPSA) is 35.0 Å². The predicted molar refractivity (Wildman–Crippen MR) is 156 cm³/mol. The van der Waals surface area contributed by atoms with Crippen LogP contribution in [0.1, 0.15) is 183 Å². The van der Waals surface area contributed by atoms with Crippen LogP contribution in [0.3, 0.4) is 0 Å². The van der Waals surface area contributed by atoms with Gasteiger partial charge in [0.25, 0.3) is 0 Å². The van der Waals surface area contributed by atoms with Crippen LogP contribution in [0.2, 0.25) is 0 Å². The Balaban J connectivity index is 1.21. The van der Waals surface area contributed by atoms with Gasteiger partial charge >= 0.3 is 0 Å². The second-order valence-electron chi connectivity index (χ2n) is 12.1. The van der Waals surface area contributed by atoms with Crippen molar-refractivity contribution in [2.45, 2.75) is 179 Å². The summed E-state index contributed by atoms with van der Waals surface area (Å²) in [6.45, 7) is 5.57. The van der Waals surface area contributed by atoms with Crippen molar-refractivity contribution < 1.29 is 4.74 Å². The van der Waals surface area contributed by atoms with Crippen LogP contribution < -0.4 is 0 Å². The van der Waals surface area contributed by atoms with E-state index in [2.05, 4.69) is 18.9 Å². The first-order chi connectivity index (χ1) is 17.8. The summed E-state index contributed by atoms with van der Waals surface area (Å²) in [7, 11) is 0. The molecule has 1 heterocycles. The lowest BCUT2D eigenvalue weighted by atomic mass is 9.80. The van der Waals surface area contributed by atoms with Gasteiger partial charge in [0.2, 0.25) is 0 Å². The Morgan fingerprint density at radius 3 is 1.61 bits per heavy atom. The molecule has 4 heteroatoms. The molecule has 2 aliphatic carbocycles. The monoisotopic (exact) mass is 518 g/mol. The normalized spacial score (nSPS) is 24.8. The summed E-state index contributed by atoms with van der Waals surface area (Å²) < 4.78 is 6.26. The van der Waals surface area contributed by atoms with Crippen LogP contribution in [0.25, 0.3) is 0 Å². The minimum atomic E-state index is 0.486. The fraction of sp³-hybridized carbons (Fsp3) is 0.938. The number of hydrogen-bond acceptors (Lipinski definition) is 4. The van der Waals surface area contributed by atoms with Gasteiger partial charge in [0.15, 0.2) is 0 Å². The van der Waals surface area contributed by atoms with Gasteiger partial charge in [-0.15, -0.1) is 21.5 Å². The van der Waals surface area contributed by atoms with Crippen molar-refractivity contribution in [2.75, 3.05) is 6.61 Å². The molecule has 2 aliphatic rings. The molecule has 1 aromatic rings. The molecule has 0 radical (unpaired) electrons. The van der Waals surface area contributed by atoms with E-state index in [4.69, 9.17) is 9.84 Å². The lowest BCUT2D eigenvalue weighted by molar-refractivity contribution is 0.0225. The van der Waals surface area contributed by atoms with Crippen molar-refractivity contribution in [1.29, 1.82) is 0 Å². The highest BCUT2D eigenvalue weighted by Crippen LogP contribution is 2.41. The first-order valence-corrected chi connectivity index (χ1v) is 17.1. The second-order valence-corrected chi connectivity index (χ2v) is 13.1. The zero-order chi connectivity index (χ0) is 25.3. The summed E-state index contributed by atoms with van der Waals surface area (Å²) in [5.41, 5.74) is 0. The van der Waals surface area contributed by atoms with Crippen LogP contribution in [-0.4, -0.2) is 22.9 Å². The quantitative estimate of drug-likeness (QED) is 0.171. The van der Waals surface area contributed by atoms with Crippen molar-refractivity contribution in [1.82, 2.24) is 10.2 Å². The number of hydrogen-bond donors (Lipinski definition) is 0. The van der Waals surface area contributed by atoms with Gasteiger partial charge in [0, 0.05) is 18.4 Å². The minimum absolute atomic E-state index is 0.486. The molecule has 2 fully saturated rings. The molecule has 1 aromatic heterocycles. The van der Waals surface area contributed by atoms with Crippen LogP contribution in [-0.2, 0) is 4.74 Å². The van der Waals surface area contributed by atoms with E-state index >= 15 is 0 Å².